The molecule has 0 saturated carbocycles. The van der Waals surface area contributed by atoms with Crippen LogP contribution >= 0.6 is 0 Å². The van der Waals surface area contributed by atoms with Crippen LogP contribution in [0.15, 0.2) is 24.3 Å². The maximum Gasteiger partial charge on any atom is 0.316 e. The minimum atomic E-state index is -0.709. The van der Waals surface area contributed by atoms with E-state index in [1.54, 1.807) is 0 Å². The Morgan fingerprint density at radius 1 is 1.30 bits per heavy atom. The number of benzene rings is 1. The monoisotopic (exact) mass is 276 g/mol. The molecule has 0 saturated heterocycles. The fraction of sp³-hybridized carbons (Fsp3) is 0.500. The van der Waals surface area contributed by atoms with E-state index in [2.05, 4.69) is 0 Å². The lowest BCUT2D eigenvalue weighted by Gasteiger charge is -2.27. The third-order valence-corrected chi connectivity index (χ3v) is 3.71. The number of hydrogen-bond acceptors (Lipinski definition) is 4. The molecule has 0 amide bonds. The quantitative estimate of drug-likeness (QED) is 0.625. The van der Waals surface area contributed by atoms with Gasteiger partial charge in [0.05, 0.1) is 19.6 Å². The third-order valence-electron chi connectivity index (χ3n) is 3.71. The predicted molar refractivity (Wildman–Crippen MR) is 74.5 cm³/mol. The van der Waals surface area contributed by atoms with Crippen LogP contribution in [0.4, 0.5) is 0 Å². The van der Waals surface area contributed by atoms with Gasteiger partial charge in [-0.3, -0.25) is 9.59 Å². The van der Waals surface area contributed by atoms with Crippen molar-refractivity contribution < 1.29 is 19.1 Å². The molecule has 1 aromatic rings. The van der Waals surface area contributed by atoms with Crippen LogP contribution in [0, 0.1) is 17.8 Å². The zero-order valence-electron chi connectivity index (χ0n) is 12.1. The van der Waals surface area contributed by atoms with Gasteiger partial charge in [0.1, 0.15) is 11.7 Å². The van der Waals surface area contributed by atoms with Gasteiger partial charge >= 0.3 is 5.97 Å². The van der Waals surface area contributed by atoms with E-state index >= 15 is 0 Å². The van der Waals surface area contributed by atoms with Crippen LogP contribution in [0.5, 0.6) is 5.75 Å². The number of para-hydroxylation sites is 1. The van der Waals surface area contributed by atoms with Crippen LogP contribution in [0.3, 0.4) is 0 Å². The van der Waals surface area contributed by atoms with Crippen LogP contribution in [0.25, 0.3) is 0 Å². The lowest BCUT2D eigenvalue weighted by atomic mass is 9.82. The van der Waals surface area contributed by atoms with Gasteiger partial charge in [-0.1, -0.05) is 32.0 Å². The molecular formula is C16H20O4. The molecule has 1 aliphatic heterocycles. The van der Waals surface area contributed by atoms with E-state index in [4.69, 9.17) is 9.47 Å². The van der Waals surface area contributed by atoms with E-state index in [0.717, 1.165) is 11.3 Å². The highest BCUT2D eigenvalue weighted by Gasteiger charge is 2.37. The first kappa shape index (κ1) is 14.6. The minimum Gasteiger partial charge on any atom is -0.493 e. The van der Waals surface area contributed by atoms with Gasteiger partial charge in [-0.15, -0.1) is 0 Å². The first-order valence-corrected chi connectivity index (χ1v) is 6.86. The van der Waals surface area contributed by atoms with Crippen LogP contribution in [-0.4, -0.2) is 25.5 Å². The van der Waals surface area contributed by atoms with Gasteiger partial charge in [-0.2, -0.15) is 0 Å². The molecule has 0 fully saturated rings. The fourth-order valence-electron chi connectivity index (χ4n) is 2.61. The van der Waals surface area contributed by atoms with Crippen LogP contribution in [-0.2, 0) is 20.7 Å². The summed E-state index contributed by atoms with van der Waals surface area (Å²) in [5, 5.41) is 0. The number of fused-ring (bicyclic) bond motifs is 1. The molecule has 2 atom stereocenters. The zero-order chi connectivity index (χ0) is 14.7. The Hall–Kier alpha value is -1.84. The van der Waals surface area contributed by atoms with E-state index in [-0.39, 0.29) is 17.6 Å². The van der Waals surface area contributed by atoms with Gasteiger partial charge in [-0.25, -0.2) is 0 Å². The van der Waals surface area contributed by atoms with Crippen molar-refractivity contribution in [2.75, 3.05) is 13.7 Å². The standard InChI is InChI=1S/C16H20O4/c1-10(2)14(16(18)19-3)15(17)12-8-11-6-4-5-7-13(11)20-9-12/h4-7,10,12,14H,8-9H2,1-3H3. The second-order valence-corrected chi connectivity index (χ2v) is 5.47. The Balaban J connectivity index is 2.16. The molecular weight excluding hydrogens is 256 g/mol. The number of esters is 1. The van der Waals surface area contributed by atoms with Gasteiger partial charge in [-0.05, 0) is 24.0 Å². The molecule has 4 nitrogen and oxygen atoms in total. The number of methoxy groups -OCH3 is 1. The molecule has 2 rings (SSSR count). The number of carbonyl (C=O) groups is 2. The smallest absolute Gasteiger partial charge is 0.316 e. The third kappa shape index (κ3) is 2.84. The summed E-state index contributed by atoms with van der Waals surface area (Å²) in [5.41, 5.74) is 1.02. The summed E-state index contributed by atoms with van der Waals surface area (Å²) < 4.78 is 10.4. The summed E-state index contributed by atoms with van der Waals surface area (Å²) in [6, 6.07) is 7.69. The van der Waals surface area contributed by atoms with Crippen molar-refractivity contribution >= 4 is 11.8 Å². The van der Waals surface area contributed by atoms with Crippen molar-refractivity contribution in [1.82, 2.24) is 0 Å². The summed E-state index contributed by atoms with van der Waals surface area (Å²) in [6.45, 7) is 4.05. The van der Waals surface area contributed by atoms with E-state index in [1.807, 2.05) is 38.1 Å². The highest BCUT2D eigenvalue weighted by Crippen LogP contribution is 2.30. The first-order chi connectivity index (χ1) is 9.54. The Morgan fingerprint density at radius 2 is 2.00 bits per heavy atom. The number of ether oxygens (including phenoxy) is 2. The Bertz CT molecular complexity index is 507. The Morgan fingerprint density at radius 3 is 2.65 bits per heavy atom. The summed E-state index contributed by atoms with van der Waals surface area (Å²) in [6.07, 6.45) is 0.620. The molecule has 0 radical (unpaired) electrons. The molecule has 108 valence electrons. The van der Waals surface area contributed by atoms with Crippen molar-refractivity contribution in [3.8, 4) is 5.75 Å². The van der Waals surface area contributed by atoms with Crippen LogP contribution in [0.1, 0.15) is 19.4 Å². The maximum atomic E-state index is 12.6. The van der Waals surface area contributed by atoms with Crippen molar-refractivity contribution in [3.05, 3.63) is 29.8 Å². The van der Waals surface area contributed by atoms with Gasteiger partial charge in [0.15, 0.2) is 5.78 Å². The topological polar surface area (TPSA) is 52.6 Å². The number of hydrogen-bond donors (Lipinski definition) is 0. The van der Waals surface area contributed by atoms with E-state index in [9.17, 15) is 9.59 Å². The van der Waals surface area contributed by atoms with Crippen LogP contribution in [0.2, 0.25) is 0 Å². The fourth-order valence-corrected chi connectivity index (χ4v) is 2.61. The highest BCUT2D eigenvalue weighted by molar-refractivity contribution is 6.00. The molecule has 4 heteroatoms. The van der Waals surface area contributed by atoms with Crippen molar-refractivity contribution in [2.24, 2.45) is 17.8 Å². The summed E-state index contributed by atoms with van der Waals surface area (Å²) >= 11 is 0. The molecule has 1 aromatic carbocycles. The zero-order valence-corrected chi connectivity index (χ0v) is 12.1. The van der Waals surface area contributed by atoms with E-state index < -0.39 is 11.9 Å². The van der Waals surface area contributed by atoms with Crippen molar-refractivity contribution in [1.29, 1.82) is 0 Å². The number of rotatable bonds is 4. The van der Waals surface area contributed by atoms with Gasteiger partial charge in [0.2, 0.25) is 0 Å². The Kier molecular flexibility index (Phi) is 4.42. The minimum absolute atomic E-state index is 0.0767. The summed E-state index contributed by atoms with van der Waals surface area (Å²) in [4.78, 5) is 24.4. The average molecular weight is 276 g/mol. The summed E-state index contributed by atoms with van der Waals surface area (Å²) in [7, 11) is 1.32. The van der Waals surface area contributed by atoms with Gasteiger partial charge in [0.25, 0.3) is 0 Å². The van der Waals surface area contributed by atoms with E-state index in [1.165, 1.54) is 7.11 Å². The van der Waals surface area contributed by atoms with E-state index in [0.29, 0.717) is 13.0 Å². The second-order valence-electron chi connectivity index (χ2n) is 5.47. The molecule has 0 N–H and O–H groups in total. The SMILES string of the molecule is COC(=O)C(C(=O)C1COc2ccccc2C1)C(C)C. The molecule has 1 aliphatic rings. The number of ketones is 1. The molecule has 0 aromatic heterocycles. The number of carbonyl (C=O) groups excluding carboxylic acids is 2. The second kappa shape index (κ2) is 6.07. The van der Waals surface area contributed by atoms with Gasteiger partial charge in [0, 0.05) is 0 Å². The lowest BCUT2D eigenvalue weighted by molar-refractivity contribution is -0.152. The molecule has 1 heterocycles. The highest BCUT2D eigenvalue weighted by atomic mass is 16.5. The average Bonchev–Trinajstić information content (AvgIpc) is 2.46. The van der Waals surface area contributed by atoms with Crippen molar-refractivity contribution in [3.63, 3.8) is 0 Å². The molecule has 20 heavy (non-hydrogen) atoms. The normalized spacial score (nSPS) is 18.9. The largest absolute Gasteiger partial charge is 0.493 e. The molecule has 2 unspecified atom stereocenters. The Labute approximate surface area is 119 Å². The number of Topliss-reactive ketones (excluding diaryl/α,β-unsaturated/α-hetero) is 1. The predicted octanol–water partition coefficient (Wildman–Crippen LogP) is 2.25. The van der Waals surface area contributed by atoms with Gasteiger partial charge < -0.3 is 9.47 Å². The summed E-state index contributed by atoms with van der Waals surface area (Å²) in [5.74, 6) is -0.775. The van der Waals surface area contributed by atoms with Crippen LogP contribution < -0.4 is 4.74 Å². The van der Waals surface area contributed by atoms with Crippen molar-refractivity contribution in [2.45, 2.75) is 20.3 Å². The first-order valence-electron chi connectivity index (χ1n) is 6.86. The molecule has 0 aliphatic carbocycles. The lowest BCUT2D eigenvalue weighted by Crippen LogP contribution is -2.39. The molecule has 0 bridgehead atoms. The maximum absolute atomic E-state index is 12.6. The molecule has 0 spiro atoms.